The van der Waals surface area contributed by atoms with E-state index in [1.807, 2.05) is 0 Å². The highest BCUT2D eigenvalue weighted by Crippen LogP contribution is 2.35. The molecule has 1 aliphatic heterocycles. The Morgan fingerprint density at radius 2 is 1.96 bits per heavy atom. The Morgan fingerprint density at radius 3 is 2.68 bits per heavy atom. The number of anilines is 1. The monoisotopic (exact) mass is 366 g/mol. The maximum absolute atomic E-state index is 12.6. The summed E-state index contributed by atoms with van der Waals surface area (Å²) in [5.41, 5.74) is 0.501. The highest BCUT2D eigenvalue weighted by molar-refractivity contribution is 7.92. The van der Waals surface area contributed by atoms with Gasteiger partial charge in [0.1, 0.15) is 5.75 Å². The molecule has 1 aromatic carbocycles. The predicted molar refractivity (Wildman–Crippen MR) is 97.2 cm³/mol. The third-order valence-electron chi connectivity index (χ3n) is 5.02. The molecule has 0 aromatic heterocycles. The van der Waals surface area contributed by atoms with Crippen molar-refractivity contribution >= 4 is 21.6 Å². The summed E-state index contributed by atoms with van der Waals surface area (Å²) in [6.07, 6.45) is 5.18. The first-order chi connectivity index (χ1) is 12.0. The lowest BCUT2D eigenvalue weighted by Gasteiger charge is -2.34. The number of para-hydroxylation sites is 2. The molecule has 0 radical (unpaired) electrons. The first-order valence-corrected chi connectivity index (χ1v) is 10.7. The average molecular weight is 366 g/mol. The number of nitrogens with zero attached hydrogens (tertiary/aromatic N) is 1. The molecule has 0 unspecified atom stereocenters. The number of carbonyl (C=O) groups excluding carboxylic acids is 1. The third-order valence-corrected chi connectivity index (χ3v) is 6.76. The molecule has 1 N–H and O–H groups in total. The van der Waals surface area contributed by atoms with E-state index in [9.17, 15) is 13.2 Å². The number of carbonyl (C=O) groups is 1. The van der Waals surface area contributed by atoms with E-state index in [4.69, 9.17) is 4.74 Å². The summed E-state index contributed by atoms with van der Waals surface area (Å²) < 4.78 is 31.9. The van der Waals surface area contributed by atoms with Crippen molar-refractivity contribution in [2.75, 3.05) is 23.1 Å². The van der Waals surface area contributed by atoms with Crippen LogP contribution in [0.15, 0.2) is 24.3 Å². The van der Waals surface area contributed by atoms with Crippen LogP contribution in [0.25, 0.3) is 0 Å². The summed E-state index contributed by atoms with van der Waals surface area (Å²) in [4.78, 5) is 12.6. The molecule has 2 aliphatic rings. The second-order valence-corrected chi connectivity index (χ2v) is 8.94. The second-order valence-electron chi connectivity index (χ2n) is 6.76. The first-order valence-electron chi connectivity index (χ1n) is 9.05. The number of fused-ring (bicyclic) bond motifs is 1. The van der Waals surface area contributed by atoms with Gasteiger partial charge in [-0.1, -0.05) is 31.4 Å². The van der Waals surface area contributed by atoms with E-state index in [1.54, 1.807) is 31.2 Å². The lowest BCUT2D eigenvalue weighted by molar-refractivity contribution is -0.128. The lowest BCUT2D eigenvalue weighted by Crippen LogP contribution is -2.51. The summed E-state index contributed by atoms with van der Waals surface area (Å²) in [6, 6.07) is 6.95. The molecule has 0 saturated heterocycles. The molecule has 0 bridgehead atoms. The zero-order chi connectivity index (χ0) is 17.9. The zero-order valence-electron chi connectivity index (χ0n) is 14.6. The van der Waals surface area contributed by atoms with Gasteiger partial charge in [0.15, 0.2) is 6.10 Å². The number of nitrogens with one attached hydrogen (secondary N) is 1. The number of benzene rings is 1. The maximum Gasteiger partial charge on any atom is 0.263 e. The maximum atomic E-state index is 12.6. The molecular formula is C18H26N2O4S. The molecule has 1 fully saturated rings. The highest BCUT2D eigenvalue weighted by Gasteiger charge is 2.35. The van der Waals surface area contributed by atoms with Crippen molar-refractivity contribution in [3.8, 4) is 5.75 Å². The fraction of sp³-hybridized carbons (Fsp3) is 0.611. The largest absolute Gasteiger partial charge is 0.476 e. The van der Waals surface area contributed by atoms with Crippen LogP contribution in [0.5, 0.6) is 5.75 Å². The Morgan fingerprint density at radius 1 is 1.24 bits per heavy atom. The van der Waals surface area contributed by atoms with Gasteiger partial charge >= 0.3 is 0 Å². The second kappa shape index (κ2) is 7.64. The summed E-state index contributed by atoms with van der Waals surface area (Å²) in [7, 11) is -3.46. The quantitative estimate of drug-likeness (QED) is 0.868. The van der Waals surface area contributed by atoms with Crippen LogP contribution >= 0.6 is 0 Å². The van der Waals surface area contributed by atoms with E-state index in [0.29, 0.717) is 23.9 Å². The van der Waals surface area contributed by atoms with Crippen molar-refractivity contribution in [1.29, 1.82) is 0 Å². The molecule has 138 valence electrons. The minimum atomic E-state index is -3.46. The molecule has 1 aromatic rings. The smallest absolute Gasteiger partial charge is 0.263 e. The fourth-order valence-electron chi connectivity index (χ4n) is 3.51. The Kier molecular flexibility index (Phi) is 5.51. The van der Waals surface area contributed by atoms with E-state index in [1.165, 1.54) is 23.6 Å². The molecule has 3 rings (SSSR count). The molecule has 1 aliphatic carbocycles. The SMILES string of the molecule is CCS(=O)(=O)N1C[C@H](C(=O)NCC2CCCCC2)Oc2ccccc21. The Labute approximate surface area is 149 Å². The van der Waals surface area contributed by atoms with Crippen LogP contribution in [0, 0.1) is 5.92 Å². The molecule has 6 nitrogen and oxygen atoms in total. The van der Waals surface area contributed by atoms with Crippen molar-refractivity contribution < 1.29 is 17.9 Å². The van der Waals surface area contributed by atoms with Crippen molar-refractivity contribution in [1.82, 2.24) is 5.32 Å². The number of ether oxygens (including phenoxy) is 1. The van der Waals surface area contributed by atoms with Crippen LogP contribution < -0.4 is 14.4 Å². The van der Waals surface area contributed by atoms with E-state index >= 15 is 0 Å². The van der Waals surface area contributed by atoms with Gasteiger partial charge in [-0.3, -0.25) is 9.10 Å². The van der Waals surface area contributed by atoms with Gasteiger partial charge in [-0.05, 0) is 37.8 Å². The number of hydrogen-bond donors (Lipinski definition) is 1. The van der Waals surface area contributed by atoms with Crippen molar-refractivity contribution in [2.45, 2.75) is 45.1 Å². The minimum Gasteiger partial charge on any atom is -0.476 e. The van der Waals surface area contributed by atoms with Crippen LogP contribution in [0.3, 0.4) is 0 Å². The summed E-state index contributed by atoms with van der Waals surface area (Å²) in [5.74, 6) is 0.696. The van der Waals surface area contributed by atoms with Crippen LogP contribution in [0.1, 0.15) is 39.0 Å². The highest BCUT2D eigenvalue weighted by atomic mass is 32.2. The lowest BCUT2D eigenvalue weighted by atomic mass is 9.89. The van der Waals surface area contributed by atoms with Crippen molar-refractivity contribution in [2.24, 2.45) is 5.92 Å². The van der Waals surface area contributed by atoms with E-state index in [2.05, 4.69) is 5.32 Å². The molecule has 1 heterocycles. The Bertz CT molecular complexity index is 714. The molecule has 7 heteroatoms. The number of amides is 1. The van der Waals surface area contributed by atoms with Gasteiger partial charge < -0.3 is 10.1 Å². The summed E-state index contributed by atoms with van der Waals surface area (Å²) in [5, 5.41) is 2.96. The van der Waals surface area contributed by atoms with E-state index < -0.39 is 16.1 Å². The number of rotatable bonds is 5. The summed E-state index contributed by atoms with van der Waals surface area (Å²) in [6.45, 7) is 2.26. The first kappa shape index (κ1) is 18.0. The van der Waals surface area contributed by atoms with E-state index in [0.717, 1.165) is 12.8 Å². The zero-order valence-corrected chi connectivity index (χ0v) is 15.4. The van der Waals surface area contributed by atoms with Crippen LogP contribution in [-0.4, -0.2) is 39.3 Å². The topological polar surface area (TPSA) is 75.7 Å². The molecule has 25 heavy (non-hydrogen) atoms. The van der Waals surface area contributed by atoms with E-state index in [-0.39, 0.29) is 18.2 Å². The van der Waals surface area contributed by atoms with Crippen molar-refractivity contribution in [3.05, 3.63) is 24.3 Å². The minimum absolute atomic E-state index is 0.0161. The molecule has 0 spiro atoms. The van der Waals surface area contributed by atoms with Gasteiger partial charge in [0.2, 0.25) is 10.0 Å². The fourth-order valence-corrected chi connectivity index (χ4v) is 4.63. The predicted octanol–water partition coefficient (Wildman–Crippen LogP) is 2.30. The van der Waals surface area contributed by atoms with Crippen LogP contribution in [0.4, 0.5) is 5.69 Å². The van der Waals surface area contributed by atoms with Gasteiger partial charge in [0, 0.05) is 6.54 Å². The normalized spacial score (nSPS) is 21.3. The summed E-state index contributed by atoms with van der Waals surface area (Å²) >= 11 is 0. The van der Waals surface area contributed by atoms with Gasteiger partial charge in [0.05, 0.1) is 18.0 Å². The van der Waals surface area contributed by atoms with Gasteiger partial charge in [-0.15, -0.1) is 0 Å². The van der Waals surface area contributed by atoms with Crippen LogP contribution in [-0.2, 0) is 14.8 Å². The standard InChI is InChI=1S/C18H26N2O4S/c1-2-25(22,23)20-13-17(24-16-11-7-6-10-15(16)20)18(21)19-12-14-8-4-3-5-9-14/h6-7,10-11,14,17H,2-5,8-9,12-13H2,1H3,(H,19,21)/t17-/m1/s1. The third kappa shape index (κ3) is 4.08. The number of sulfonamides is 1. The Hall–Kier alpha value is -1.76. The molecule has 1 amide bonds. The van der Waals surface area contributed by atoms with Gasteiger partial charge in [-0.25, -0.2) is 8.42 Å². The number of hydrogen-bond acceptors (Lipinski definition) is 4. The van der Waals surface area contributed by atoms with Crippen molar-refractivity contribution in [3.63, 3.8) is 0 Å². The van der Waals surface area contributed by atoms with Crippen LogP contribution in [0.2, 0.25) is 0 Å². The van der Waals surface area contributed by atoms with Gasteiger partial charge in [-0.2, -0.15) is 0 Å². The molecule has 1 atom stereocenters. The van der Waals surface area contributed by atoms with Gasteiger partial charge in [0.25, 0.3) is 5.91 Å². The average Bonchev–Trinajstić information content (AvgIpc) is 2.66. The Balaban J connectivity index is 1.71. The molecule has 1 saturated carbocycles. The molecular weight excluding hydrogens is 340 g/mol.